The van der Waals surface area contributed by atoms with Crippen LogP contribution >= 0.6 is 0 Å². The number of hydrogen-bond donors (Lipinski definition) is 1. The van der Waals surface area contributed by atoms with Gasteiger partial charge in [0.1, 0.15) is 5.75 Å². The number of sulfone groups is 1. The molecule has 2 aromatic rings. The van der Waals surface area contributed by atoms with Gasteiger partial charge in [0.05, 0.1) is 18.0 Å². The molecule has 0 fully saturated rings. The molecule has 0 amide bonds. The molecule has 0 saturated carbocycles. The van der Waals surface area contributed by atoms with Crippen molar-refractivity contribution in [2.75, 3.05) is 19.4 Å². The van der Waals surface area contributed by atoms with Gasteiger partial charge < -0.3 is 10.1 Å². The topological polar surface area (TPSA) is 73.2 Å². The standard InChI is InChI=1S/C16H23N3O3S/c1-14(13-19-11-3-10-18-19)17-9-4-12-22-15-5-7-16(8-6-15)23(2,20)21/h3,5-8,10-11,14,17H,4,9,12-13H2,1-2H3/t14-/m0/s1. The third-order valence-corrected chi connectivity index (χ3v) is 4.48. The van der Waals surface area contributed by atoms with E-state index in [9.17, 15) is 8.42 Å². The van der Waals surface area contributed by atoms with Crippen molar-refractivity contribution in [2.45, 2.75) is 30.8 Å². The molecular weight excluding hydrogens is 314 g/mol. The molecule has 0 spiro atoms. The number of rotatable bonds is 9. The van der Waals surface area contributed by atoms with Gasteiger partial charge in [0.15, 0.2) is 9.84 Å². The highest BCUT2D eigenvalue weighted by Crippen LogP contribution is 2.15. The van der Waals surface area contributed by atoms with E-state index >= 15 is 0 Å². The molecule has 0 aliphatic heterocycles. The van der Waals surface area contributed by atoms with Gasteiger partial charge in [-0.25, -0.2) is 8.42 Å². The molecule has 126 valence electrons. The van der Waals surface area contributed by atoms with Crippen LogP contribution in [0.1, 0.15) is 13.3 Å². The van der Waals surface area contributed by atoms with Gasteiger partial charge >= 0.3 is 0 Å². The number of nitrogens with one attached hydrogen (secondary N) is 1. The highest BCUT2D eigenvalue weighted by atomic mass is 32.2. The third kappa shape index (κ3) is 6.03. The molecular formula is C16H23N3O3S. The zero-order chi connectivity index (χ0) is 16.7. The van der Waals surface area contributed by atoms with Crippen LogP contribution in [0, 0.1) is 0 Å². The summed E-state index contributed by atoms with van der Waals surface area (Å²) in [5, 5.41) is 7.59. The second-order valence-electron chi connectivity index (χ2n) is 5.53. The summed E-state index contributed by atoms with van der Waals surface area (Å²) in [6.45, 7) is 4.39. The summed E-state index contributed by atoms with van der Waals surface area (Å²) in [5.74, 6) is 0.682. The molecule has 7 heteroatoms. The van der Waals surface area contributed by atoms with Gasteiger partial charge in [-0.3, -0.25) is 4.68 Å². The fourth-order valence-electron chi connectivity index (χ4n) is 2.15. The Hall–Kier alpha value is -1.86. The molecule has 0 aliphatic carbocycles. The van der Waals surface area contributed by atoms with Crippen molar-refractivity contribution in [3.8, 4) is 5.75 Å². The molecule has 0 saturated heterocycles. The van der Waals surface area contributed by atoms with Crippen LogP contribution in [0.15, 0.2) is 47.6 Å². The van der Waals surface area contributed by atoms with Gasteiger partial charge in [-0.2, -0.15) is 5.10 Å². The van der Waals surface area contributed by atoms with Crippen molar-refractivity contribution < 1.29 is 13.2 Å². The monoisotopic (exact) mass is 337 g/mol. The van der Waals surface area contributed by atoms with Crippen molar-refractivity contribution in [3.63, 3.8) is 0 Å². The van der Waals surface area contributed by atoms with Crippen LogP contribution in [0.5, 0.6) is 5.75 Å². The van der Waals surface area contributed by atoms with Gasteiger partial charge in [0.2, 0.25) is 0 Å². The molecule has 1 aromatic carbocycles. The second-order valence-corrected chi connectivity index (χ2v) is 7.54. The summed E-state index contributed by atoms with van der Waals surface area (Å²) in [7, 11) is -3.15. The Morgan fingerprint density at radius 1 is 1.30 bits per heavy atom. The van der Waals surface area contributed by atoms with Crippen molar-refractivity contribution in [1.82, 2.24) is 15.1 Å². The molecule has 23 heavy (non-hydrogen) atoms. The molecule has 0 bridgehead atoms. The van der Waals surface area contributed by atoms with E-state index in [1.165, 1.54) is 6.26 Å². The van der Waals surface area contributed by atoms with Gasteiger partial charge in [-0.1, -0.05) is 0 Å². The fourth-order valence-corrected chi connectivity index (χ4v) is 2.78. The SMILES string of the molecule is C[C@@H](Cn1cccn1)NCCCOc1ccc(S(C)(=O)=O)cc1. The Kier molecular flexibility index (Phi) is 6.18. The van der Waals surface area contributed by atoms with Gasteiger partial charge in [0, 0.05) is 24.7 Å². The summed E-state index contributed by atoms with van der Waals surface area (Å²) >= 11 is 0. The Bertz CT molecular complexity index is 682. The number of nitrogens with zero attached hydrogens (tertiary/aromatic N) is 2. The molecule has 1 N–H and O–H groups in total. The predicted octanol–water partition coefficient (Wildman–Crippen LogP) is 1.73. The highest BCUT2D eigenvalue weighted by Gasteiger charge is 2.06. The molecule has 0 radical (unpaired) electrons. The van der Waals surface area contributed by atoms with Crippen LogP contribution in [0.3, 0.4) is 0 Å². The first-order valence-electron chi connectivity index (χ1n) is 7.59. The maximum atomic E-state index is 11.4. The number of hydrogen-bond acceptors (Lipinski definition) is 5. The van der Waals surface area contributed by atoms with E-state index in [1.54, 1.807) is 30.5 Å². The largest absolute Gasteiger partial charge is 0.494 e. The lowest BCUT2D eigenvalue weighted by atomic mass is 10.3. The van der Waals surface area contributed by atoms with E-state index in [-0.39, 0.29) is 0 Å². The maximum Gasteiger partial charge on any atom is 0.175 e. The van der Waals surface area contributed by atoms with Gasteiger partial charge in [-0.05, 0) is 50.2 Å². The molecule has 1 atom stereocenters. The Morgan fingerprint density at radius 3 is 2.65 bits per heavy atom. The fraction of sp³-hybridized carbons (Fsp3) is 0.438. The zero-order valence-electron chi connectivity index (χ0n) is 13.5. The lowest BCUT2D eigenvalue weighted by molar-refractivity contribution is 0.303. The van der Waals surface area contributed by atoms with E-state index in [0.717, 1.165) is 19.5 Å². The molecule has 2 rings (SSSR count). The average molecular weight is 337 g/mol. The Labute approximate surface area is 137 Å². The first-order valence-corrected chi connectivity index (χ1v) is 9.48. The molecule has 0 unspecified atom stereocenters. The quantitative estimate of drug-likeness (QED) is 0.706. The molecule has 1 heterocycles. The van der Waals surface area contributed by atoms with Crippen LogP contribution in [0.4, 0.5) is 0 Å². The van der Waals surface area contributed by atoms with E-state index in [1.807, 2.05) is 16.9 Å². The smallest absolute Gasteiger partial charge is 0.175 e. The van der Waals surface area contributed by atoms with Crippen molar-refractivity contribution in [2.24, 2.45) is 0 Å². The minimum atomic E-state index is -3.15. The number of ether oxygens (including phenoxy) is 1. The summed E-state index contributed by atoms with van der Waals surface area (Å²) in [4.78, 5) is 0.305. The van der Waals surface area contributed by atoms with E-state index in [2.05, 4.69) is 17.3 Å². The van der Waals surface area contributed by atoms with Crippen LogP contribution in [0.25, 0.3) is 0 Å². The normalized spacial score (nSPS) is 13.0. The Balaban J connectivity index is 1.63. The van der Waals surface area contributed by atoms with Gasteiger partial charge in [0.25, 0.3) is 0 Å². The molecule has 1 aromatic heterocycles. The summed E-state index contributed by atoms with van der Waals surface area (Å²) in [5.41, 5.74) is 0. The van der Waals surface area contributed by atoms with E-state index < -0.39 is 9.84 Å². The maximum absolute atomic E-state index is 11.4. The first kappa shape index (κ1) is 17.5. The summed E-state index contributed by atoms with van der Waals surface area (Å²) in [6.07, 6.45) is 5.79. The van der Waals surface area contributed by atoms with Crippen molar-refractivity contribution in [1.29, 1.82) is 0 Å². The zero-order valence-corrected chi connectivity index (χ0v) is 14.3. The number of benzene rings is 1. The van der Waals surface area contributed by atoms with E-state index in [4.69, 9.17) is 4.74 Å². The van der Waals surface area contributed by atoms with Crippen LogP contribution < -0.4 is 10.1 Å². The minimum absolute atomic E-state index is 0.305. The van der Waals surface area contributed by atoms with Crippen molar-refractivity contribution >= 4 is 9.84 Å². The summed E-state index contributed by atoms with van der Waals surface area (Å²) in [6, 6.07) is 8.75. The predicted molar refractivity (Wildman–Crippen MR) is 89.4 cm³/mol. The van der Waals surface area contributed by atoms with Crippen molar-refractivity contribution in [3.05, 3.63) is 42.7 Å². The highest BCUT2D eigenvalue weighted by molar-refractivity contribution is 7.90. The average Bonchev–Trinajstić information content (AvgIpc) is 2.99. The lowest BCUT2D eigenvalue weighted by Crippen LogP contribution is -2.32. The minimum Gasteiger partial charge on any atom is -0.494 e. The van der Waals surface area contributed by atoms with Gasteiger partial charge in [-0.15, -0.1) is 0 Å². The van der Waals surface area contributed by atoms with Crippen LogP contribution in [-0.4, -0.2) is 43.6 Å². The first-order chi connectivity index (χ1) is 10.9. The number of aromatic nitrogens is 2. The molecule has 0 aliphatic rings. The van der Waals surface area contributed by atoms with Crippen LogP contribution in [0.2, 0.25) is 0 Å². The third-order valence-electron chi connectivity index (χ3n) is 3.35. The van der Waals surface area contributed by atoms with Crippen LogP contribution in [-0.2, 0) is 16.4 Å². The lowest BCUT2D eigenvalue weighted by Gasteiger charge is -2.14. The second kappa shape index (κ2) is 8.12. The van der Waals surface area contributed by atoms with E-state index in [0.29, 0.717) is 23.3 Å². The summed E-state index contributed by atoms with van der Waals surface area (Å²) < 4.78 is 30.2. The Morgan fingerprint density at radius 2 is 2.04 bits per heavy atom. The molecule has 6 nitrogen and oxygen atoms in total.